The molecule has 146 valence electrons. The van der Waals surface area contributed by atoms with Crippen molar-refractivity contribution in [2.45, 2.75) is 16.4 Å². The zero-order valence-electron chi connectivity index (χ0n) is 14.5. The van der Waals surface area contributed by atoms with Gasteiger partial charge in [0.2, 0.25) is 5.16 Å². The zero-order chi connectivity index (χ0) is 20.4. The number of alkyl halides is 3. The van der Waals surface area contributed by atoms with Crippen LogP contribution in [0.1, 0.15) is 5.69 Å². The molecule has 0 aliphatic heterocycles. The van der Waals surface area contributed by atoms with Crippen molar-refractivity contribution in [2.75, 3.05) is 0 Å². The predicted octanol–water partition coefficient (Wildman–Crippen LogP) is 5.03. The Morgan fingerprint density at radius 1 is 0.759 bits per heavy atom. The molecule has 0 N–H and O–H groups in total. The minimum absolute atomic E-state index is 0.216. The Hall–Kier alpha value is -3.27. The van der Waals surface area contributed by atoms with Gasteiger partial charge in [0, 0.05) is 11.3 Å². The number of rotatable bonds is 4. The van der Waals surface area contributed by atoms with Crippen LogP contribution in [0.15, 0.2) is 76.9 Å². The van der Waals surface area contributed by atoms with Gasteiger partial charge in [-0.1, -0.05) is 30.3 Å². The zero-order valence-corrected chi connectivity index (χ0v) is 15.3. The molecule has 5 nitrogen and oxygen atoms in total. The summed E-state index contributed by atoms with van der Waals surface area (Å²) in [6, 6.07) is 17.0. The molecular weight excluding hydrogens is 406 g/mol. The van der Waals surface area contributed by atoms with E-state index in [9.17, 15) is 17.6 Å². The Morgan fingerprint density at radius 3 is 2.10 bits per heavy atom. The molecule has 0 atom stereocenters. The molecule has 0 saturated carbocycles. The largest absolute Gasteiger partial charge is 0.435 e. The molecule has 2 aromatic heterocycles. The summed E-state index contributed by atoms with van der Waals surface area (Å²) >= 11 is 1.00. The lowest BCUT2D eigenvalue weighted by molar-refractivity contribution is -0.141. The van der Waals surface area contributed by atoms with Gasteiger partial charge in [-0.15, -0.1) is 20.4 Å². The molecule has 4 aromatic rings. The van der Waals surface area contributed by atoms with E-state index in [0.717, 1.165) is 23.4 Å². The van der Waals surface area contributed by atoms with Gasteiger partial charge in [-0.05, 0) is 48.2 Å². The summed E-state index contributed by atoms with van der Waals surface area (Å²) in [6.07, 6.45) is -4.56. The van der Waals surface area contributed by atoms with E-state index in [1.54, 1.807) is 16.7 Å². The predicted molar refractivity (Wildman–Crippen MR) is 97.9 cm³/mol. The molecule has 0 radical (unpaired) electrons. The van der Waals surface area contributed by atoms with E-state index < -0.39 is 17.7 Å². The molecule has 0 bridgehead atoms. The quantitative estimate of drug-likeness (QED) is 0.436. The van der Waals surface area contributed by atoms with Gasteiger partial charge >= 0.3 is 6.18 Å². The monoisotopic (exact) mass is 417 g/mol. The lowest BCUT2D eigenvalue weighted by Gasteiger charge is -2.10. The first-order valence-corrected chi connectivity index (χ1v) is 9.09. The van der Waals surface area contributed by atoms with E-state index in [-0.39, 0.29) is 5.03 Å². The number of halogens is 4. The Kier molecular flexibility index (Phi) is 5.01. The van der Waals surface area contributed by atoms with E-state index >= 15 is 0 Å². The van der Waals surface area contributed by atoms with Gasteiger partial charge in [0.15, 0.2) is 11.5 Å². The van der Waals surface area contributed by atoms with E-state index in [4.69, 9.17) is 0 Å². The fourth-order valence-corrected chi connectivity index (χ4v) is 3.32. The molecule has 29 heavy (non-hydrogen) atoms. The fourth-order valence-electron chi connectivity index (χ4n) is 2.55. The summed E-state index contributed by atoms with van der Waals surface area (Å²) in [5, 5.41) is 15.8. The summed E-state index contributed by atoms with van der Waals surface area (Å²) < 4.78 is 53.1. The van der Waals surface area contributed by atoms with E-state index in [2.05, 4.69) is 20.4 Å². The Labute approximate surface area is 166 Å². The second kappa shape index (κ2) is 7.63. The molecule has 0 aliphatic rings. The molecule has 0 aliphatic carbocycles. The smallest absolute Gasteiger partial charge is 0.270 e. The Bertz CT molecular complexity index is 1110. The highest BCUT2D eigenvalue weighted by Gasteiger charge is 2.33. The van der Waals surface area contributed by atoms with Crippen LogP contribution in [0, 0.1) is 5.82 Å². The van der Waals surface area contributed by atoms with Crippen molar-refractivity contribution in [1.29, 1.82) is 0 Å². The first-order chi connectivity index (χ1) is 13.9. The van der Waals surface area contributed by atoms with Crippen LogP contribution >= 0.6 is 11.8 Å². The molecular formula is C19H11F4N5S. The van der Waals surface area contributed by atoms with Gasteiger partial charge in [0.1, 0.15) is 10.8 Å². The highest BCUT2D eigenvalue weighted by atomic mass is 32.2. The SMILES string of the molecule is Fc1ccc(-n2c(Sc3ccc(C(F)(F)F)nn3)nnc2-c2ccccc2)cc1. The Morgan fingerprint density at radius 2 is 1.48 bits per heavy atom. The summed E-state index contributed by atoms with van der Waals surface area (Å²) in [6.45, 7) is 0. The molecule has 0 spiro atoms. The van der Waals surface area contributed by atoms with Crippen LogP contribution < -0.4 is 0 Å². The van der Waals surface area contributed by atoms with Gasteiger partial charge in [-0.25, -0.2) is 4.39 Å². The minimum atomic E-state index is -4.56. The number of nitrogens with zero attached hydrogens (tertiary/aromatic N) is 5. The van der Waals surface area contributed by atoms with Gasteiger partial charge in [-0.2, -0.15) is 13.2 Å². The van der Waals surface area contributed by atoms with Crippen molar-refractivity contribution in [3.05, 3.63) is 78.2 Å². The third-order valence-electron chi connectivity index (χ3n) is 3.88. The molecule has 0 amide bonds. The molecule has 4 rings (SSSR count). The topological polar surface area (TPSA) is 56.5 Å². The highest BCUT2D eigenvalue weighted by molar-refractivity contribution is 7.99. The van der Waals surface area contributed by atoms with Gasteiger partial charge in [-0.3, -0.25) is 4.57 Å². The summed E-state index contributed by atoms with van der Waals surface area (Å²) in [5.74, 6) is 0.102. The molecule has 0 fully saturated rings. The van der Waals surface area contributed by atoms with Crippen molar-refractivity contribution in [2.24, 2.45) is 0 Å². The molecule has 0 unspecified atom stereocenters. The lowest BCUT2D eigenvalue weighted by atomic mass is 10.2. The number of benzene rings is 2. The normalized spacial score (nSPS) is 11.6. The summed E-state index contributed by atoms with van der Waals surface area (Å²) in [7, 11) is 0. The van der Waals surface area contributed by atoms with Crippen molar-refractivity contribution in [3.63, 3.8) is 0 Å². The number of aromatic nitrogens is 5. The van der Waals surface area contributed by atoms with Gasteiger partial charge < -0.3 is 0 Å². The van der Waals surface area contributed by atoms with Crippen LogP contribution in [0.4, 0.5) is 17.6 Å². The molecule has 0 saturated heterocycles. The van der Waals surface area contributed by atoms with Crippen LogP contribution in [-0.2, 0) is 6.18 Å². The average Bonchev–Trinajstić information content (AvgIpc) is 3.12. The third-order valence-corrected chi connectivity index (χ3v) is 4.75. The minimum Gasteiger partial charge on any atom is -0.270 e. The second-order valence-corrected chi connectivity index (χ2v) is 6.83. The molecule has 10 heteroatoms. The highest BCUT2D eigenvalue weighted by Crippen LogP contribution is 2.32. The van der Waals surface area contributed by atoms with Crippen molar-refractivity contribution < 1.29 is 17.6 Å². The van der Waals surface area contributed by atoms with Crippen molar-refractivity contribution in [1.82, 2.24) is 25.0 Å². The average molecular weight is 417 g/mol. The van der Waals surface area contributed by atoms with Gasteiger partial charge in [0.25, 0.3) is 0 Å². The van der Waals surface area contributed by atoms with Crippen molar-refractivity contribution in [3.8, 4) is 17.1 Å². The number of hydrogen-bond acceptors (Lipinski definition) is 5. The van der Waals surface area contributed by atoms with E-state index in [1.807, 2.05) is 30.3 Å². The maximum atomic E-state index is 13.4. The van der Waals surface area contributed by atoms with Crippen LogP contribution in [-0.4, -0.2) is 25.0 Å². The van der Waals surface area contributed by atoms with Crippen LogP contribution in [0.2, 0.25) is 0 Å². The molecule has 2 heterocycles. The van der Waals surface area contributed by atoms with Crippen LogP contribution in [0.25, 0.3) is 17.1 Å². The van der Waals surface area contributed by atoms with E-state index in [1.165, 1.54) is 18.2 Å². The number of hydrogen-bond donors (Lipinski definition) is 0. The van der Waals surface area contributed by atoms with Crippen molar-refractivity contribution >= 4 is 11.8 Å². The first-order valence-electron chi connectivity index (χ1n) is 8.27. The summed E-state index contributed by atoms with van der Waals surface area (Å²) in [4.78, 5) is 0. The third kappa shape index (κ3) is 4.11. The van der Waals surface area contributed by atoms with Crippen LogP contribution in [0.5, 0.6) is 0 Å². The lowest BCUT2D eigenvalue weighted by Crippen LogP contribution is -2.08. The van der Waals surface area contributed by atoms with Gasteiger partial charge in [0.05, 0.1) is 0 Å². The maximum Gasteiger partial charge on any atom is 0.435 e. The molecule has 2 aromatic carbocycles. The summed E-state index contributed by atoms with van der Waals surface area (Å²) in [5.41, 5.74) is 0.291. The van der Waals surface area contributed by atoms with E-state index in [0.29, 0.717) is 16.7 Å². The fraction of sp³-hybridized carbons (Fsp3) is 0.0526. The Balaban J connectivity index is 1.75. The maximum absolute atomic E-state index is 13.4. The first kappa shape index (κ1) is 19.1. The second-order valence-electron chi connectivity index (χ2n) is 5.84. The standard InChI is InChI=1S/C19H11F4N5S/c20-13-6-8-14(9-7-13)28-17(12-4-2-1-3-5-12)26-27-18(28)29-16-11-10-15(24-25-16)19(21,22)23/h1-11H. The van der Waals surface area contributed by atoms with Crippen LogP contribution in [0.3, 0.4) is 0 Å².